The molecule has 1 aliphatic carbocycles. The zero-order chi connectivity index (χ0) is 13.2. The van der Waals surface area contributed by atoms with Crippen molar-refractivity contribution in [2.45, 2.75) is 52.1 Å². The monoisotopic (exact) mass is 374 g/mol. The Kier molecular flexibility index (Phi) is 4.84. The third kappa shape index (κ3) is 4.04. The van der Waals surface area contributed by atoms with Gasteiger partial charge in [-0.05, 0) is 69.0 Å². The van der Waals surface area contributed by atoms with Crippen molar-refractivity contribution in [2.75, 3.05) is 0 Å². The van der Waals surface area contributed by atoms with Crippen LogP contribution in [0.4, 0.5) is 0 Å². The number of aromatic nitrogens is 1. The van der Waals surface area contributed by atoms with E-state index in [-0.39, 0.29) is 0 Å². The first-order valence-corrected chi connectivity index (χ1v) is 8.08. The van der Waals surface area contributed by atoms with Gasteiger partial charge in [0.1, 0.15) is 0 Å². The second-order valence-corrected chi connectivity index (χ2v) is 7.67. The van der Waals surface area contributed by atoms with Crippen molar-refractivity contribution in [1.29, 1.82) is 0 Å². The molecule has 2 rings (SSSR count). The molecule has 1 aromatic rings. The lowest BCUT2D eigenvalue weighted by Crippen LogP contribution is -2.35. The number of pyridine rings is 1. The molecule has 0 aromatic carbocycles. The van der Waals surface area contributed by atoms with E-state index in [2.05, 4.69) is 56.0 Å². The molecule has 1 N–H and O–H groups in total. The molecule has 1 aromatic heterocycles. The van der Waals surface area contributed by atoms with Crippen molar-refractivity contribution < 1.29 is 0 Å². The van der Waals surface area contributed by atoms with E-state index < -0.39 is 0 Å². The van der Waals surface area contributed by atoms with Crippen LogP contribution in [0.2, 0.25) is 0 Å². The summed E-state index contributed by atoms with van der Waals surface area (Å²) < 4.78 is 2.08. The summed E-state index contributed by atoms with van der Waals surface area (Å²) in [6.45, 7) is 5.59. The smallest absolute Gasteiger partial charge is 0.0684 e. The average Bonchev–Trinajstić information content (AvgIpc) is 2.29. The molecule has 1 saturated carbocycles. The Balaban J connectivity index is 1.85. The van der Waals surface area contributed by atoms with Gasteiger partial charge in [0, 0.05) is 27.7 Å². The SMILES string of the molecule is CC1(C)CCC(NCc2ncc(Br)cc2Br)CC1. The lowest BCUT2D eigenvalue weighted by Gasteiger charge is -2.34. The van der Waals surface area contributed by atoms with Gasteiger partial charge >= 0.3 is 0 Å². The van der Waals surface area contributed by atoms with Crippen molar-refractivity contribution in [2.24, 2.45) is 5.41 Å². The van der Waals surface area contributed by atoms with E-state index in [4.69, 9.17) is 0 Å². The zero-order valence-electron chi connectivity index (χ0n) is 11.0. The molecule has 1 aliphatic rings. The molecular weight excluding hydrogens is 356 g/mol. The Labute approximate surface area is 126 Å². The molecule has 1 heterocycles. The van der Waals surface area contributed by atoms with E-state index in [1.807, 2.05) is 12.3 Å². The summed E-state index contributed by atoms with van der Waals surface area (Å²) in [5.41, 5.74) is 1.62. The Morgan fingerprint density at radius 1 is 1.33 bits per heavy atom. The summed E-state index contributed by atoms with van der Waals surface area (Å²) in [7, 11) is 0. The molecule has 0 bridgehead atoms. The molecule has 0 spiro atoms. The van der Waals surface area contributed by atoms with Gasteiger partial charge in [-0.1, -0.05) is 13.8 Å². The summed E-state index contributed by atoms with van der Waals surface area (Å²) in [5.74, 6) is 0. The molecule has 18 heavy (non-hydrogen) atoms. The van der Waals surface area contributed by atoms with Crippen LogP contribution in [0.3, 0.4) is 0 Å². The summed E-state index contributed by atoms with van der Waals surface area (Å²) in [5, 5.41) is 3.63. The largest absolute Gasteiger partial charge is 0.308 e. The Hall–Kier alpha value is 0.0700. The van der Waals surface area contributed by atoms with Gasteiger partial charge in [-0.25, -0.2) is 0 Å². The quantitative estimate of drug-likeness (QED) is 0.830. The predicted molar refractivity (Wildman–Crippen MR) is 82.5 cm³/mol. The summed E-state index contributed by atoms with van der Waals surface area (Å²) in [6.07, 6.45) is 7.05. The Morgan fingerprint density at radius 3 is 2.61 bits per heavy atom. The second-order valence-electron chi connectivity index (χ2n) is 5.90. The van der Waals surface area contributed by atoms with Crippen LogP contribution in [0, 0.1) is 5.41 Å². The fourth-order valence-electron chi connectivity index (χ4n) is 2.42. The minimum Gasteiger partial charge on any atom is -0.308 e. The molecule has 1 fully saturated rings. The number of nitrogens with one attached hydrogen (secondary N) is 1. The van der Waals surface area contributed by atoms with E-state index in [1.54, 1.807) is 0 Å². The second kappa shape index (κ2) is 6.02. The molecule has 0 atom stereocenters. The normalized spacial score (nSPS) is 20.0. The number of rotatable bonds is 3. The predicted octanol–water partition coefficient (Wildman–Crippen LogP) is 4.67. The maximum absolute atomic E-state index is 4.43. The van der Waals surface area contributed by atoms with Crippen molar-refractivity contribution in [3.05, 3.63) is 26.9 Å². The first-order valence-electron chi connectivity index (χ1n) is 6.50. The first kappa shape index (κ1) is 14.5. The van der Waals surface area contributed by atoms with Gasteiger partial charge < -0.3 is 5.32 Å². The molecular formula is C14H20Br2N2. The third-order valence-electron chi connectivity index (χ3n) is 3.78. The molecule has 0 amide bonds. The lowest BCUT2D eigenvalue weighted by atomic mass is 9.75. The van der Waals surface area contributed by atoms with Gasteiger partial charge in [0.25, 0.3) is 0 Å². The first-order chi connectivity index (χ1) is 8.46. The minimum atomic E-state index is 0.536. The highest BCUT2D eigenvalue weighted by Gasteiger charge is 2.26. The maximum Gasteiger partial charge on any atom is 0.0684 e. The van der Waals surface area contributed by atoms with Crippen LogP contribution in [0.25, 0.3) is 0 Å². The van der Waals surface area contributed by atoms with Gasteiger partial charge in [-0.15, -0.1) is 0 Å². The van der Waals surface area contributed by atoms with E-state index in [1.165, 1.54) is 25.7 Å². The highest BCUT2D eigenvalue weighted by molar-refractivity contribution is 9.11. The zero-order valence-corrected chi connectivity index (χ0v) is 14.1. The van der Waals surface area contributed by atoms with Crippen molar-refractivity contribution in [1.82, 2.24) is 10.3 Å². The lowest BCUT2D eigenvalue weighted by molar-refractivity contribution is 0.205. The molecule has 0 saturated heterocycles. The highest BCUT2D eigenvalue weighted by atomic mass is 79.9. The number of hydrogen-bond donors (Lipinski definition) is 1. The maximum atomic E-state index is 4.43. The van der Waals surface area contributed by atoms with Crippen LogP contribution in [-0.2, 0) is 6.54 Å². The van der Waals surface area contributed by atoms with Crippen LogP contribution >= 0.6 is 31.9 Å². The third-order valence-corrected chi connectivity index (χ3v) is 4.90. The van der Waals surface area contributed by atoms with E-state index >= 15 is 0 Å². The van der Waals surface area contributed by atoms with Crippen molar-refractivity contribution in [3.8, 4) is 0 Å². The molecule has 0 aliphatic heterocycles. The molecule has 100 valence electrons. The number of hydrogen-bond acceptors (Lipinski definition) is 2. The van der Waals surface area contributed by atoms with Crippen LogP contribution in [0.1, 0.15) is 45.2 Å². The van der Waals surface area contributed by atoms with Crippen LogP contribution < -0.4 is 5.32 Å². The fourth-order valence-corrected chi connectivity index (χ4v) is 3.55. The van der Waals surface area contributed by atoms with Crippen LogP contribution in [-0.4, -0.2) is 11.0 Å². The average molecular weight is 376 g/mol. The van der Waals surface area contributed by atoms with Gasteiger partial charge in [-0.2, -0.15) is 0 Å². The fraction of sp³-hybridized carbons (Fsp3) is 0.643. The minimum absolute atomic E-state index is 0.536. The summed E-state index contributed by atoms with van der Waals surface area (Å²) in [4.78, 5) is 4.43. The Bertz CT molecular complexity index is 408. The van der Waals surface area contributed by atoms with E-state index in [0.29, 0.717) is 11.5 Å². The highest BCUT2D eigenvalue weighted by Crippen LogP contribution is 2.35. The molecule has 4 heteroatoms. The molecule has 2 nitrogen and oxygen atoms in total. The summed E-state index contributed by atoms with van der Waals surface area (Å²) >= 11 is 6.98. The van der Waals surface area contributed by atoms with Gasteiger partial charge in [0.05, 0.1) is 5.69 Å². The van der Waals surface area contributed by atoms with Gasteiger partial charge in [0.2, 0.25) is 0 Å². The molecule has 0 unspecified atom stereocenters. The van der Waals surface area contributed by atoms with Gasteiger partial charge in [0.15, 0.2) is 0 Å². The van der Waals surface area contributed by atoms with Crippen molar-refractivity contribution >= 4 is 31.9 Å². The van der Waals surface area contributed by atoms with E-state index in [9.17, 15) is 0 Å². The topological polar surface area (TPSA) is 24.9 Å². The molecule has 0 radical (unpaired) electrons. The summed E-state index contributed by atoms with van der Waals surface area (Å²) in [6, 6.07) is 2.70. The Morgan fingerprint density at radius 2 is 2.00 bits per heavy atom. The number of halogens is 2. The van der Waals surface area contributed by atoms with Crippen LogP contribution in [0.5, 0.6) is 0 Å². The van der Waals surface area contributed by atoms with Crippen molar-refractivity contribution in [3.63, 3.8) is 0 Å². The standard InChI is InChI=1S/C14H20Br2N2/c1-14(2)5-3-11(4-6-14)17-9-13-12(16)7-10(15)8-18-13/h7-8,11,17H,3-6,9H2,1-2H3. The van der Waals surface area contributed by atoms with Gasteiger partial charge in [-0.3, -0.25) is 4.98 Å². The number of nitrogens with zero attached hydrogens (tertiary/aromatic N) is 1. The van der Waals surface area contributed by atoms with Crippen LogP contribution in [0.15, 0.2) is 21.2 Å². The van der Waals surface area contributed by atoms with E-state index in [0.717, 1.165) is 21.2 Å².